The van der Waals surface area contributed by atoms with Crippen molar-refractivity contribution < 1.29 is 18.7 Å². The summed E-state index contributed by atoms with van der Waals surface area (Å²) in [4.78, 5) is 14.9. The Morgan fingerprint density at radius 2 is 1.73 bits per heavy atom. The standard InChI is InChI=1S/C24H25FN2O3/c1-29-21-11-12-22(23(15-21)30-17-19-5-3-2-4-6-19)24(28)27(14-13-26)16-18-7-9-20(25)10-8-18/h2-12,15H,13-14,16-17,26H2,1H3. The van der Waals surface area contributed by atoms with Crippen molar-refractivity contribution in [3.63, 3.8) is 0 Å². The lowest BCUT2D eigenvalue weighted by atomic mass is 10.1. The molecular weight excluding hydrogens is 383 g/mol. The van der Waals surface area contributed by atoms with Crippen molar-refractivity contribution in [2.45, 2.75) is 13.2 Å². The van der Waals surface area contributed by atoms with E-state index in [9.17, 15) is 9.18 Å². The number of hydrogen-bond acceptors (Lipinski definition) is 4. The predicted molar refractivity (Wildman–Crippen MR) is 114 cm³/mol. The molecule has 0 bridgehead atoms. The molecule has 2 N–H and O–H groups in total. The van der Waals surface area contributed by atoms with Crippen molar-refractivity contribution in [1.82, 2.24) is 4.90 Å². The number of nitrogens with two attached hydrogens (primary N) is 1. The Kier molecular flexibility index (Phi) is 7.40. The molecule has 5 nitrogen and oxygen atoms in total. The van der Waals surface area contributed by atoms with Crippen LogP contribution in [0.2, 0.25) is 0 Å². The zero-order valence-electron chi connectivity index (χ0n) is 16.9. The van der Waals surface area contributed by atoms with Gasteiger partial charge in [0.1, 0.15) is 23.9 Å². The van der Waals surface area contributed by atoms with Gasteiger partial charge in [-0.3, -0.25) is 4.79 Å². The van der Waals surface area contributed by atoms with Crippen LogP contribution in [0.3, 0.4) is 0 Å². The van der Waals surface area contributed by atoms with Crippen LogP contribution in [-0.4, -0.2) is 31.0 Å². The average Bonchev–Trinajstić information content (AvgIpc) is 2.79. The highest BCUT2D eigenvalue weighted by Crippen LogP contribution is 2.27. The van der Waals surface area contributed by atoms with Crippen LogP contribution in [-0.2, 0) is 13.2 Å². The molecule has 0 aliphatic heterocycles. The van der Waals surface area contributed by atoms with Crippen LogP contribution in [0.25, 0.3) is 0 Å². The molecular formula is C24H25FN2O3. The van der Waals surface area contributed by atoms with Crippen molar-refractivity contribution in [3.05, 3.63) is 95.3 Å². The van der Waals surface area contributed by atoms with E-state index in [0.717, 1.165) is 11.1 Å². The molecule has 0 saturated heterocycles. The van der Waals surface area contributed by atoms with E-state index in [0.29, 0.717) is 43.3 Å². The fourth-order valence-corrected chi connectivity index (χ4v) is 3.05. The molecule has 0 fully saturated rings. The predicted octanol–water partition coefficient (Wildman–Crippen LogP) is 4.01. The molecule has 3 rings (SSSR count). The summed E-state index contributed by atoms with van der Waals surface area (Å²) in [6.07, 6.45) is 0. The Hall–Kier alpha value is -3.38. The van der Waals surface area contributed by atoms with Gasteiger partial charge in [-0.15, -0.1) is 0 Å². The summed E-state index contributed by atoms with van der Waals surface area (Å²) in [6.45, 7) is 1.31. The van der Waals surface area contributed by atoms with Crippen molar-refractivity contribution in [1.29, 1.82) is 0 Å². The van der Waals surface area contributed by atoms with E-state index in [4.69, 9.17) is 15.2 Å². The van der Waals surface area contributed by atoms with E-state index < -0.39 is 0 Å². The molecule has 0 aliphatic rings. The lowest BCUT2D eigenvalue weighted by Crippen LogP contribution is -2.35. The zero-order chi connectivity index (χ0) is 21.3. The molecule has 0 unspecified atom stereocenters. The Labute approximate surface area is 175 Å². The van der Waals surface area contributed by atoms with Gasteiger partial charge >= 0.3 is 0 Å². The maximum Gasteiger partial charge on any atom is 0.257 e. The summed E-state index contributed by atoms with van der Waals surface area (Å²) in [5, 5.41) is 0. The summed E-state index contributed by atoms with van der Waals surface area (Å²) in [6, 6.07) is 20.9. The van der Waals surface area contributed by atoms with Crippen LogP contribution in [0.4, 0.5) is 4.39 Å². The first-order chi connectivity index (χ1) is 14.6. The lowest BCUT2D eigenvalue weighted by molar-refractivity contribution is 0.0743. The number of hydrogen-bond donors (Lipinski definition) is 1. The molecule has 0 aliphatic carbocycles. The summed E-state index contributed by atoms with van der Waals surface area (Å²) in [5.41, 5.74) is 7.96. The second kappa shape index (κ2) is 10.4. The van der Waals surface area contributed by atoms with E-state index in [1.807, 2.05) is 30.3 Å². The van der Waals surface area contributed by atoms with Crippen LogP contribution in [0.15, 0.2) is 72.8 Å². The van der Waals surface area contributed by atoms with Crippen LogP contribution >= 0.6 is 0 Å². The number of nitrogens with zero attached hydrogens (tertiary/aromatic N) is 1. The minimum absolute atomic E-state index is 0.213. The second-order valence-electron chi connectivity index (χ2n) is 6.78. The maximum atomic E-state index is 13.3. The van der Waals surface area contributed by atoms with E-state index in [1.54, 1.807) is 42.3 Å². The highest BCUT2D eigenvalue weighted by Gasteiger charge is 2.20. The third-order valence-electron chi connectivity index (χ3n) is 4.63. The number of benzene rings is 3. The smallest absolute Gasteiger partial charge is 0.257 e. The molecule has 3 aromatic rings. The molecule has 3 aromatic carbocycles. The van der Waals surface area contributed by atoms with E-state index in [-0.39, 0.29) is 11.7 Å². The van der Waals surface area contributed by atoms with Crippen LogP contribution < -0.4 is 15.2 Å². The number of amides is 1. The van der Waals surface area contributed by atoms with Crippen molar-refractivity contribution >= 4 is 5.91 Å². The second-order valence-corrected chi connectivity index (χ2v) is 6.78. The number of ether oxygens (including phenoxy) is 2. The maximum absolute atomic E-state index is 13.3. The van der Waals surface area contributed by atoms with E-state index >= 15 is 0 Å². The summed E-state index contributed by atoms with van der Waals surface area (Å²) < 4.78 is 24.5. The van der Waals surface area contributed by atoms with E-state index in [1.165, 1.54) is 12.1 Å². The summed E-state index contributed by atoms with van der Waals surface area (Å²) in [5.74, 6) is 0.501. The Bertz CT molecular complexity index is 962. The van der Waals surface area contributed by atoms with Gasteiger partial charge in [0, 0.05) is 25.7 Å². The quantitative estimate of drug-likeness (QED) is 0.581. The number of halogens is 1. The van der Waals surface area contributed by atoms with Gasteiger partial charge in [0.25, 0.3) is 5.91 Å². The molecule has 6 heteroatoms. The van der Waals surface area contributed by atoms with Gasteiger partial charge in [0.05, 0.1) is 12.7 Å². The minimum atomic E-state index is -0.317. The molecule has 0 spiro atoms. The summed E-state index contributed by atoms with van der Waals surface area (Å²) >= 11 is 0. The molecule has 156 valence electrons. The van der Waals surface area contributed by atoms with Crippen molar-refractivity contribution in [3.8, 4) is 11.5 Å². The number of carbonyl (C=O) groups excluding carboxylic acids is 1. The first kappa shape index (κ1) is 21.3. The largest absolute Gasteiger partial charge is 0.497 e. The highest BCUT2D eigenvalue weighted by atomic mass is 19.1. The molecule has 0 saturated carbocycles. The molecule has 0 aromatic heterocycles. The molecule has 0 radical (unpaired) electrons. The topological polar surface area (TPSA) is 64.8 Å². The van der Waals surface area contributed by atoms with Crippen LogP contribution in [0, 0.1) is 5.82 Å². The normalized spacial score (nSPS) is 10.5. The van der Waals surface area contributed by atoms with Gasteiger partial charge in [-0.2, -0.15) is 0 Å². The van der Waals surface area contributed by atoms with Gasteiger partial charge in [-0.1, -0.05) is 42.5 Å². The van der Waals surface area contributed by atoms with Crippen molar-refractivity contribution in [2.24, 2.45) is 5.73 Å². The zero-order valence-corrected chi connectivity index (χ0v) is 16.9. The van der Waals surface area contributed by atoms with Gasteiger partial charge in [0.15, 0.2) is 0 Å². The fraction of sp³-hybridized carbons (Fsp3) is 0.208. The monoisotopic (exact) mass is 408 g/mol. The molecule has 1 amide bonds. The lowest BCUT2D eigenvalue weighted by Gasteiger charge is -2.24. The SMILES string of the molecule is COc1ccc(C(=O)N(CCN)Cc2ccc(F)cc2)c(OCc2ccccc2)c1. The third kappa shape index (κ3) is 5.58. The molecule has 30 heavy (non-hydrogen) atoms. The Morgan fingerprint density at radius 3 is 2.40 bits per heavy atom. The van der Waals surface area contributed by atoms with Gasteiger partial charge in [-0.25, -0.2) is 4.39 Å². The number of methoxy groups -OCH3 is 1. The Morgan fingerprint density at radius 1 is 1.00 bits per heavy atom. The van der Waals surface area contributed by atoms with Gasteiger partial charge in [-0.05, 0) is 35.4 Å². The molecule has 0 atom stereocenters. The number of carbonyl (C=O) groups is 1. The average molecular weight is 408 g/mol. The first-order valence-corrected chi connectivity index (χ1v) is 9.69. The van der Waals surface area contributed by atoms with Crippen LogP contribution in [0.1, 0.15) is 21.5 Å². The van der Waals surface area contributed by atoms with E-state index in [2.05, 4.69) is 0 Å². The first-order valence-electron chi connectivity index (χ1n) is 9.69. The van der Waals surface area contributed by atoms with Gasteiger partial charge in [0.2, 0.25) is 0 Å². The summed E-state index contributed by atoms with van der Waals surface area (Å²) in [7, 11) is 1.56. The number of rotatable bonds is 9. The Balaban J connectivity index is 1.84. The molecule has 0 heterocycles. The van der Waals surface area contributed by atoms with Gasteiger partial charge < -0.3 is 20.1 Å². The van der Waals surface area contributed by atoms with Crippen molar-refractivity contribution in [2.75, 3.05) is 20.2 Å². The highest BCUT2D eigenvalue weighted by molar-refractivity contribution is 5.97. The van der Waals surface area contributed by atoms with Crippen LogP contribution in [0.5, 0.6) is 11.5 Å². The third-order valence-corrected chi connectivity index (χ3v) is 4.63. The minimum Gasteiger partial charge on any atom is -0.497 e. The fourth-order valence-electron chi connectivity index (χ4n) is 3.05.